The second-order valence-corrected chi connectivity index (χ2v) is 5.57. The van der Waals surface area contributed by atoms with Crippen LogP contribution in [0.4, 0.5) is 0 Å². The summed E-state index contributed by atoms with van der Waals surface area (Å²) < 4.78 is 5.71. The molecule has 0 aromatic carbocycles. The highest BCUT2D eigenvalue weighted by atomic mass is 16.5. The summed E-state index contributed by atoms with van der Waals surface area (Å²) in [5.41, 5.74) is 5.30. The Morgan fingerprint density at radius 1 is 1.32 bits per heavy atom. The van der Waals surface area contributed by atoms with Gasteiger partial charge in [0.05, 0.1) is 13.2 Å². The highest BCUT2D eigenvalue weighted by molar-refractivity contribution is 6.05. The summed E-state index contributed by atoms with van der Waals surface area (Å²) in [6, 6.07) is 3.40. The molecule has 1 aromatic heterocycles. The molecule has 2 rings (SSSR count). The molecule has 1 fully saturated rings. The smallest absolute Gasteiger partial charge is 0.280 e. The largest absolute Gasteiger partial charge is 0.491 e. The molecule has 1 aromatic rings. The van der Waals surface area contributed by atoms with Gasteiger partial charge in [-0.25, -0.2) is 4.98 Å². The summed E-state index contributed by atoms with van der Waals surface area (Å²) in [7, 11) is 0. The van der Waals surface area contributed by atoms with Crippen molar-refractivity contribution in [2.45, 2.75) is 38.5 Å². The maximum atomic E-state index is 12.0. The number of amides is 2. The molecule has 3 N–H and O–H groups in total. The molecular formula is C16H23N3O3. The van der Waals surface area contributed by atoms with Gasteiger partial charge in [0.25, 0.3) is 5.91 Å². The maximum Gasteiger partial charge on any atom is 0.280 e. The number of ether oxygens (including phenoxy) is 1. The van der Waals surface area contributed by atoms with Crippen LogP contribution in [0.25, 0.3) is 0 Å². The third kappa shape index (κ3) is 4.80. The minimum absolute atomic E-state index is 0.118. The van der Waals surface area contributed by atoms with E-state index in [-0.39, 0.29) is 12.2 Å². The van der Waals surface area contributed by atoms with Crippen LogP contribution in [0, 0.1) is 5.92 Å². The van der Waals surface area contributed by atoms with Crippen LogP contribution in [0.2, 0.25) is 0 Å². The van der Waals surface area contributed by atoms with Gasteiger partial charge in [-0.1, -0.05) is 32.1 Å². The first kappa shape index (κ1) is 16.4. The number of rotatable bonds is 6. The zero-order valence-electron chi connectivity index (χ0n) is 12.7. The highest BCUT2D eigenvalue weighted by Gasteiger charge is 2.17. The summed E-state index contributed by atoms with van der Waals surface area (Å²) in [4.78, 5) is 27.2. The van der Waals surface area contributed by atoms with E-state index in [1.165, 1.54) is 38.3 Å². The van der Waals surface area contributed by atoms with E-state index in [0.29, 0.717) is 18.3 Å². The number of nitrogens with zero attached hydrogens (tertiary/aromatic N) is 1. The number of hydrogen-bond donors (Lipinski definition) is 2. The van der Waals surface area contributed by atoms with Gasteiger partial charge >= 0.3 is 0 Å². The van der Waals surface area contributed by atoms with Crippen molar-refractivity contribution in [1.29, 1.82) is 0 Å². The first-order chi connectivity index (χ1) is 10.7. The summed E-state index contributed by atoms with van der Waals surface area (Å²) in [5.74, 6) is -0.00493. The van der Waals surface area contributed by atoms with Crippen molar-refractivity contribution < 1.29 is 14.3 Å². The van der Waals surface area contributed by atoms with E-state index < -0.39 is 11.8 Å². The molecule has 6 heteroatoms. The molecule has 0 spiro atoms. The standard InChI is InChI=1S/C16H23N3O3/c17-11-14(20)19-16(21)15-13(7-4-9-18-15)22-10-8-12-5-2-1-3-6-12/h4,7,9,12H,1-3,5-6,8,10-11,17H2,(H,19,20,21). The minimum Gasteiger partial charge on any atom is -0.491 e. The fraction of sp³-hybridized carbons (Fsp3) is 0.562. The van der Waals surface area contributed by atoms with Crippen LogP contribution in [-0.4, -0.2) is 29.9 Å². The van der Waals surface area contributed by atoms with Crippen molar-refractivity contribution in [2.75, 3.05) is 13.2 Å². The lowest BCUT2D eigenvalue weighted by molar-refractivity contribution is -0.118. The molecule has 1 heterocycles. The maximum absolute atomic E-state index is 12.0. The Balaban J connectivity index is 1.90. The van der Waals surface area contributed by atoms with Crippen molar-refractivity contribution in [2.24, 2.45) is 11.7 Å². The minimum atomic E-state index is -0.580. The lowest BCUT2D eigenvalue weighted by atomic mass is 9.87. The fourth-order valence-electron chi connectivity index (χ4n) is 2.73. The molecule has 120 valence electrons. The average molecular weight is 305 g/mol. The second kappa shape index (κ2) is 8.48. The Kier molecular flexibility index (Phi) is 6.33. The summed E-state index contributed by atoms with van der Waals surface area (Å²) in [6.45, 7) is 0.317. The first-order valence-electron chi connectivity index (χ1n) is 7.82. The van der Waals surface area contributed by atoms with E-state index in [0.717, 1.165) is 6.42 Å². The average Bonchev–Trinajstić information content (AvgIpc) is 2.56. The van der Waals surface area contributed by atoms with E-state index in [1.54, 1.807) is 12.1 Å². The van der Waals surface area contributed by atoms with Gasteiger partial charge < -0.3 is 10.5 Å². The molecular weight excluding hydrogens is 282 g/mol. The molecule has 22 heavy (non-hydrogen) atoms. The second-order valence-electron chi connectivity index (χ2n) is 5.57. The number of carbonyl (C=O) groups is 2. The molecule has 0 saturated heterocycles. The van der Waals surface area contributed by atoms with Crippen LogP contribution < -0.4 is 15.8 Å². The van der Waals surface area contributed by atoms with Crippen molar-refractivity contribution >= 4 is 11.8 Å². The fourth-order valence-corrected chi connectivity index (χ4v) is 2.73. The normalized spacial score (nSPS) is 15.3. The molecule has 1 saturated carbocycles. The number of hydrogen-bond acceptors (Lipinski definition) is 5. The van der Waals surface area contributed by atoms with Gasteiger partial charge in [-0.2, -0.15) is 0 Å². The number of imide groups is 1. The van der Waals surface area contributed by atoms with Gasteiger partial charge in [0.1, 0.15) is 0 Å². The molecule has 0 unspecified atom stereocenters. The summed E-state index contributed by atoms with van der Waals surface area (Å²) in [5, 5.41) is 2.18. The predicted molar refractivity (Wildman–Crippen MR) is 82.5 cm³/mol. The van der Waals surface area contributed by atoms with E-state index in [1.807, 2.05) is 0 Å². The van der Waals surface area contributed by atoms with Gasteiger partial charge in [0, 0.05) is 6.20 Å². The highest BCUT2D eigenvalue weighted by Crippen LogP contribution is 2.26. The van der Waals surface area contributed by atoms with Crippen LogP contribution in [0.15, 0.2) is 18.3 Å². The van der Waals surface area contributed by atoms with Crippen molar-refractivity contribution in [1.82, 2.24) is 10.3 Å². The Morgan fingerprint density at radius 3 is 2.82 bits per heavy atom. The van der Waals surface area contributed by atoms with E-state index in [9.17, 15) is 9.59 Å². The Bertz CT molecular complexity index is 513. The van der Waals surface area contributed by atoms with Crippen LogP contribution in [0.3, 0.4) is 0 Å². The summed E-state index contributed by atoms with van der Waals surface area (Å²) >= 11 is 0. The molecule has 0 bridgehead atoms. The van der Waals surface area contributed by atoms with Crippen LogP contribution in [0.5, 0.6) is 5.75 Å². The zero-order valence-corrected chi connectivity index (χ0v) is 12.7. The Labute approximate surface area is 130 Å². The molecule has 6 nitrogen and oxygen atoms in total. The topological polar surface area (TPSA) is 94.3 Å². The molecule has 1 aliphatic rings. The van der Waals surface area contributed by atoms with Crippen molar-refractivity contribution in [3.63, 3.8) is 0 Å². The third-order valence-electron chi connectivity index (χ3n) is 3.93. The van der Waals surface area contributed by atoms with Crippen molar-refractivity contribution in [3.8, 4) is 5.75 Å². The predicted octanol–water partition coefficient (Wildman–Crippen LogP) is 1.65. The first-order valence-corrected chi connectivity index (χ1v) is 7.82. The van der Waals surface area contributed by atoms with Crippen LogP contribution in [0.1, 0.15) is 49.0 Å². The molecule has 0 aliphatic heterocycles. The SMILES string of the molecule is NCC(=O)NC(=O)c1ncccc1OCCC1CCCCC1. The quantitative estimate of drug-likeness (QED) is 0.833. The number of nitrogens with one attached hydrogen (secondary N) is 1. The van der Waals surface area contributed by atoms with Gasteiger partial charge in [-0.15, -0.1) is 0 Å². The number of pyridine rings is 1. The molecule has 0 atom stereocenters. The van der Waals surface area contributed by atoms with Gasteiger partial charge in [0.2, 0.25) is 5.91 Å². The lowest BCUT2D eigenvalue weighted by Crippen LogP contribution is -2.36. The monoisotopic (exact) mass is 305 g/mol. The molecule has 0 radical (unpaired) electrons. The molecule has 2 amide bonds. The number of aromatic nitrogens is 1. The lowest BCUT2D eigenvalue weighted by Gasteiger charge is -2.21. The van der Waals surface area contributed by atoms with Crippen LogP contribution in [-0.2, 0) is 4.79 Å². The third-order valence-corrected chi connectivity index (χ3v) is 3.93. The molecule has 1 aliphatic carbocycles. The van der Waals surface area contributed by atoms with E-state index in [2.05, 4.69) is 10.3 Å². The number of carbonyl (C=O) groups excluding carboxylic acids is 2. The van der Waals surface area contributed by atoms with Gasteiger partial charge in [-0.3, -0.25) is 14.9 Å². The Morgan fingerprint density at radius 2 is 2.09 bits per heavy atom. The van der Waals surface area contributed by atoms with E-state index in [4.69, 9.17) is 10.5 Å². The summed E-state index contributed by atoms with van der Waals surface area (Å²) in [6.07, 6.45) is 8.93. The Hall–Kier alpha value is -1.95. The van der Waals surface area contributed by atoms with Gasteiger partial charge in [-0.05, 0) is 24.5 Å². The zero-order chi connectivity index (χ0) is 15.8. The van der Waals surface area contributed by atoms with Crippen molar-refractivity contribution in [3.05, 3.63) is 24.0 Å². The van der Waals surface area contributed by atoms with Crippen LogP contribution >= 0.6 is 0 Å². The van der Waals surface area contributed by atoms with Gasteiger partial charge in [0.15, 0.2) is 11.4 Å². The number of nitrogens with two attached hydrogens (primary N) is 1. The van der Waals surface area contributed by atoms with E-state index >= 15 is 0 Å².